The molecule has 0 radical (unpaired) electrons. The predicted molar refractivity (Wildman–Crippen MR) is 95.3 cm³/mol. The van der Waals surface area contributed by atoms with Crippen molar-refractivity contribution in [2.45, 2.75) is 31.8 Å². The average molecular weight is 321 g/mol. The standard InChI is InChI=1S/C21H23NO2/c1-14-8-9-19-16(10-14)17-11-20(23)18(13-24-2)21(17)22(19)12-15-6-4-3-5-7-15/h3-10,17-18,21H,11-13H2,1-2H3/t17-,18+,21+/m1/s1. The van der Waals surface area contributed by atoms with Gasteiger partial charge >= 0.3 is 0 Å². The summed E-state index contributed by atoms with van der Waals surface area (Å²) in [4.78, 5) is 15.0. The molecule has 0 aromatic heterocycles. The van der Waals surface area contributed by atoms with Crippen molar-refractivity contribution < 1.29 is 9.53 Å². The summed E-state index contributed by atoms with van der Waals surface area (Å²) in [6.45, 7) is 3.47. The Bertz CT molecular complexity index is 756. The minimum absolute atomic E-state index is 0.0311. The monoisotopic (exact) mass is 321 g/mol. The van der Waals surface area contributed by atoms with E-state index in [1.165, 1.54) is 22.4 Å². The Morgan fingerprint density at radius 3 is 2.71 bits per heavy atom. The Morgan fingerprint density at radius 1 is 1.17 bits per heavy atom. The molecule has 0 unspecified atom stereocenters. The number of fused-ring (bicyclic) bond motifs is 3. The SMILES string of the molecule is COC[C@H]1C(=O)C[C@@H]2c3cc(C)ccc3N(Cc3ccccc3)[C@@H]21. The van der Waals surface area contributed by atoms with E-state index in [2.05, 4.69) is 54.3 Å². The summed E-state index contributed by atoms with van der Waals surface area (Å²) in [5.74, 6) is 0.616. The number of ketones is 1. The molecule has 1 saturated carbocycles. The number of Topliss-reactive ketones (excluding diaryl/α,β-unsaturated/α-hetero) is 1. The van der Waals surface area contributed by atoms with Crippen LogP contribution in [0.2, 0.25) is 0 Å². The Morgan fingerprint density at radius 2 is 1.96 bits per heavy atom. The zero-order chi connectivity index (χ0) is 16.7. The smallest absolute Gasteiger partial charge is 0.141 e. The first-order chi connectivity index (χ1) is 11.7. The topological polar surface area (TPSA) is 29.5 Å². The summed E-state index contributed by atoms with van der Waals surface area (Å²) in [6, 6.07) is 17.4. The number of nitrogens with zero attached hydrogens (tertiary/aromatic N) is 1. The van der Waals surface area contributed by atoms with E-state index >= 15 is 0 Å². The molecule has 1 aliphatic heterocycles. The van der Waals surface area contributed by atoms with Crippen molar-refractivity contribution in [3.63, 3.8) is 0 Å². The van der Waals surface area contributed by atoms with Gasteiger partial charge in [0, 0.05) is 37.7 Å². The van der Waals surface area contributed by atoms with Crippen molar-refractivity contribution in [1.29, 1.82) is 0 Å². The van der Waals surface area contributed by atoms with Crippen molar-refractivity contribution in [3.8, 4) is 0 Å². The number of carbonyl (C=O) groups is 1. The van der Waals surface area contributed by atoms with Crippen LogP contribution in [0.15, 0.2) is 48.5 Å². The van der Waals surface area contributed by atoms with E-state index in [0.29, 0.717) is 24.7 Å². The van der Waals surface area contributed by atoms with Gasteiger partial charge in [0.1, 0.15) is 5.78 Å². The normalized spacial score (nSPS) is 25.0. The second kappa shape index (κ2) is 6.06. The zero-order valence-electron chi connectivity index (χ0n) is 14.2. The maximum atomic E-state index is 12.6. The van der Waals surface area contributed by atoms with Gasteiger partial charge in [-0.25, -0.2) is 0 Å². The van der Waals surface area contributed by atoms with Gasteiger partial charge in [-0.1, -0.05) is 48.0 Å². The van der Waals surface area contributed by atoms with Crippen LogP contribution in [0.1, 0.15) is 29.0 Å². The van der Waals surface area contributed by atoms with Crippen LogP contribution < -0.4 is 4.90 Å². The van der Waals surface area contributed by atoms with Crippen LogP contribution in [0.4, 0.5) is 5.69 Å². The first kappa shape index (κ1) is 15.4. The number of hydrogen-bond donors (Lipinski definition) is 0. The molecule has 124 valence electrons. The van der Waals surface area contributed by atoms with Crippen LogP contribution >= 0.6 is 0 Å². The van der Waals surface area contributed by atoms with Crippen LogP contribution in [0, 0.1) is 12.8 Å². The lowest BCUT2D eigenvalue weighted by atomic mass is 9.94. The van der Waals surface area contributed by atoms with Gasteiger partial charge < -0.3 is 9.64 Å². The van der Waals surface area contributed by atoms with Crippen molar-refractivity contribution in [2.24, 2.45) is 5.92 Å². The molecule has 4 rings (SSSR count). The van der Waals surface area contributed by atoms with Crippen molar-refractivity contribution in [2.75, 3.05) is 18.6 Å². The molecule has 3 nitrogen and oxygen atoms in total. The fourth-order valence-electron chi connectivity index (χ4n) is 4.42. The molecule has 2 aliphatic rings. The highest BCUT2D eigenvalue weighted by atomic mass is 16.5. The molecule has 0 spiro atoms. The van der Waals surface area contributed by atoms with Gasteiger partial charge in [0.05, 0.1) is 12.5 Å². The van der Waals surface area contributed by atoms with Gasteiger partial charge in [-0.3, -0.25) is 4.79 Å². The maximum absolute atomic E-state index is 12.6. The largest absolute Gasteiger partial charge is 0.384 e. The maximum Gasteiger partial charge on any atom is 0.141 e. The van der Waals surface area contributed by atoms with Gasteiger partial charge in [0.25, 0.3) is 0 Å². The third-order valence-corrected chi connectivity index (χ3v) is 5.45. The highest BCUT2D eigenvalue weighted by molar-refractivity contribution is 5.89. The lowest BCUT2D eigenvalue weighted by Gasteiger charge is -2.31. The summed E-state index contributed by atoms with van der Waals surface area (Å²) in [5.41, 5.74) is 5.16. The fourth-order valence-corrected chi connectivity index (χ4v) is 4.42. The van der Waals surface area contributed by atoms with E-state index in [-0.39, 0.29) is 12.0 Å². The molecule has 3 heteroatoms. The number of benzene rings is 2. The molecular formula is C21H23NO2. The van der Waals surface area contributed by atoms with Crippen LogP contribution in [-0.4, -0.2) is 25.5 Å². The highest BCUT2D eigenvalue weighted by Crippen LogP contribution is 2.51. The van der Waals surface area contributed by atoms with Gasteiger partial charge in [0.2, 0.25) is 0 Å². The number of ether oxygens (including phenoxy) is 1. The lowest BCUT2D eigenvalue weighted by Crippen LogP contribution is -2.39. The minimum atomic E-state index is -0.0311. The van der Waals surface area contributed by atoms with E-state index in [1.54, 1.807) is 7.11 Å². The van der Waals surface area contributed by atoms with E-state index < -0.39 is 0 Å². The van der Waals surface area contributed by atoms with Gasteiger partial charge in [-0.15, -0.1) is 0 Å². The molecule has 2 aromatic carbocycles. The Balaban J connectivity index is 1.76. The number of rotatable bonds is 4. The quantitative estimate of drug-likeness (QED) is 0.860. The highest BCUT2D eigenvalue weighted by Gasteiger charge is 2.51. The Labute approximate surface area is 143 Å². The lowest BCUT2D eigenvalue weighted by molar-refractivity contribution is -0.122. The molecule has 2 aromatic rings. The van der Waals surface area contributed by atoms with Crippen molar-refractivity contribution >= 4 is 11.5 Å². The number of aryl methyl sites for hydroxylation is 1. The third kappa shape index (κ3) is 2.44. The van der Waals surface area contributed by atoms with Gasteiger partial charge in [-0.05, 0) is 24.1 Å². The predicted octanol–water partition coefficient (Wildman–Crippen LogP) is 3.70. The molecular weight excluding hydrogens is 298 g/mol. The molecule has 1 aliphatic carbocycles. The Hall–Kier alpha value is -2.13. The van der Waals surface area contributed by atoms with Crippen LogP contribution in [0.5, 0.6) is 0 Å². The van der Waals surface area contributed by atoms with Crippen molar-refractivity contribution in [1.82, 2.24) is 0 Å². The van der Waals surface area contributed by atoms with Crippen molar-refractivity contribution in [3.05, 3.63) is 65.2 Å². The average Bonchev–Trinajstić information content (AvgIpc) is 3.05. The first-order valence-electron chi connectivity index (χ1n) is 8.62. The number of carbonyl (C=O) groups excluding carboxylic acids is 1. The first-order valence-corrected chi connectivity index (χ1v) is 8.62. The Kier molecular flexibility index (Phi) is 3.89. The second-order valence-electron chi connectivity index (χ2n) is 7.01. The number of anilines is 1. The molecule has 3 atom stereocenters. The molecule has 0 amide bonds. The number of hydrogen-bond acceptors (Lipinski definition) is 3. The minimum Gasteiger partial charge on any atom is -0.384 e. The van der Waals surface area contributed by atoms with E-state index in [1.807, 2.05) is 6.07 Å². The van der Waals surface area contributed by atoms with Crippen LogP contribution in [0.25, 0.3) is 0 Å². The molecule has 0 N–H and O–H groups in total. The van der Waals surface area contributed by atoms with Gasteiger partial charge in [-0.2, -0.15) is 0 Å². The summed E-state index contributed by atoms with van der Waals surface area (Å²) in [5, 5.41) is 0. The molecule has 0 bridgehead atoms. The number of methoxy groups -OCH3 is 1. The van der Waals surface area contributed by atoms with E-state index in [0.717, 1.165) is 6.54 Å². The summed E-state index contributed by atoms with van der Waals surface area (Å²) >= 11 is 0. The molecule has 1 heterocycles. The second-order valence-corrected chi connectivity index (χ2v) is 7.01. The summed E-state index contributed by atoms with van der Waals surface area (Å²) < 4.78 is 5.38. The van der Waals surface area contributed by atoms with E-state index in [9.17, 15) is 4.79 Å². The zero-order valence-corrected chi connectivity index (χ0v) is 14.2. The van der Waals surface area contributed by atoms with Gasteiger partial charge in [0.15, 0.2) is 0 Å². The fraction of sp³-hybridized carbons (Fsp3) is 0.381. The molecule has 1 fully saturated rings. The molecule has 24 heavy (non-hydrogen) atoms. The van der Waals surface area contributed by atoms with Crippen LogP contribution in [0.3, 0.4) is 0 Å². The summed E-state index contributed by atoms with van der Waals surface area (Å²) in [7, 11) is 1.69. The third-order valence-electron chi connectivity index (χ3n) is 5.45. The summed E-state index contributed by atoms with van der Waals surface area (Å²) in [6.07, 6.45) is 0.639. The van der Waals surface area contributed by atoms with Crippen LogP contribution in [-0.2, 0) is 16.1 Å². The van der Waals surface area contributed by atoms with E-state index in [4.69, 9.17) is 4.74 Å². The molecule has 0 saturated heterocycles.